The zero-order chi connectivity index (χ0) is 18.4. The van der Waals surface area contributed by atoms with Crippen molar-refractivity contribution in [1.82, 2.24) is 0 Å². The van der Waals surface area contributed by atoms with Crippen LogP contribution in [0.4, 0.5) is 5.69 Å². The number of carbonyl (C=O) groups is 2. The summed E-state index contributed by atoms with van der Waals surface area (Å²) in [4.78, 5) is 33.6. The summed E-state index contributed by atoms with van der Waals surface area (Å²) in [6.07, 6.45) is 1.45. The molecule has 0 saturated heterocycles. The van der Waals surface area contributed by atoms with Gasteiger partial charge in [0.2, 0.25) is 11.6 Å². The molecule has 0 spiro atoms. The highest BCUT2D eigenvalue weighted by atomic mass is 16.6. The molecular weight excluding hydrogens is 326 g/mol. The molecule has 2 aromatic rings. The molecule has 126 valence electrons. The maximum atomic E-state index is 11.8. The van der Waals surface area contributed by atoms with E-state index in [1.54, 1.807) is 30.3 Å². The van der Waals surface area contributed by atoms with Gasteiger partial charge in [-0.25, -0.2) is 0 Å². The van der Waals surface area contributed by atoms with E-state index in [1.165, 1.54) is 12.1 Å². The maximum absolute atomic E-state index is 11.8. The normalized spacial score (nSPS) is 11.8. The lowest BCUT2D eigenvalue weighted by Gasteiger charge is -2.00. The Hall–Kier alpha value is -3.74. The minimum atomic E-state index is -1.04. The van der Waals surface area contributed by atoms with E-state index in [-0.39, 0.29) is 17.0 Å². The minimum absolute atomic E-state index is 0.142. The monoisotopic (exact) mass is 339 g/mol. The van der Waals surface area contributed by atoms with Crippen molar-refractivity contribution >= 4 is 28.8 Å². The van der Waals surface area contributed by atoms with Crippen LogP contribution in [0.3, 0.4) is 0 Å². The van der Waals surface area contributed by atoms with Gasteiger partial charge in [0.25, 0.3) is 5.69 Å². The van der Waals surface area contributed by atoms with E-state index in [0.29, 0.717) is 11.6 Å². The van der Waals surface area contributed by atoms with Crippen molar-refractivity contribution < 1.29 is 24.7 Å². The Kier molecular flexibility index (Phi) is 5.42. The third-order valence-corrected chi connectivity index (χ3v) is 3.22. The number of ketones is 2. The highest BCUT2D eigenvalue weighted by Gasteiger charge is 2.13. The molecule has 0 saturated carbocycles. The molecule has 2 N–H and O–H groups in total. The van der Waals surface area contributed by atoms with E-state index in [4.69, 9.17) is 0 Å². The van der Waals surface area contributed by atoms with Crippen LogP contribution >= 0.6 is 0 Å². The zero-order valence-corrected chi connectivity index (χ0v) is 12.8. The van der Waals surface area contributed by atoms with E-state index in [1.807, 2.05) is 0 Å². The van der Waals surface area contributed by atoms with E-state index in [9.17, 15) is 29.9 Å². The molecule has 0 aromatic heterocycles. The van der Waals surface area contributed by atoms with E-state index < -0.39 is 22.2 Å². The molecule has 2 rings (SSSR count). The van der Waals surface area contributed by atoms with Crippen molar-refractivity contribution in [2.24, 2.45) is 0 Å². The van der Waals surface area contributed by atoms with Crippen LogP contribution in [-0.4, -0.2) is 26.7 Å². The van der Waals surface area contributed by atoms with Crippen molar-refractivity contribution in [1.29, 1.82) is 0 Å². The van der Waals surface area contributed by atoms with Crippen LogP contribution in [0.1, 0.15) is 11.1 Å². The predicted octanol–water partition coefficient (Wildman–Crippen LogP) is 3.23. The van der Waals surface area contributed by atoms with Crippen LogP contribution in [0.5, 0.6) is 0 Å². The number of benzene rings is 2. The molecule has 2 aromatic carbocycles. The fourth-order valence-electron chi connectivity index (χ4n) is 1.92. The van der Waals surface area contributed by atoms with Gasteiger partial charge in [0.05, 0.1) is 4.92 Å². The first-order chi connectivity index (χ1) is 11.9. The summed E-state index contributed by atoms with van der Waals surface area (Å²) in [6, 6.07) is 13.0. The molecule has 25 heavy (non-hydrogen) atoms. The molecule has 0 aliphatic carbocycles. The molecule has 0 atom stereocenters. The van der Waals surface area contributed by atoms with Crippen LogP contribution in [0, 0.1) is 10.1 Å². The van der Waals surface area contributed by atoms with Crippen molar-refractivity contribution in [3.63, 3.8) is 0 Å². The van der Waals surface area contributed by atoms with Gasteiger partial charge in [-0.15, -0.1) is 0 Å². The number of nitro groups is 1. The summed E-state index contributed by atoms with van der Waals surface area (Å²) >= 11 is 0. The van der Waals surface area contributed by atoms with Crippen LogP contribution in [0.15, 0.2) is 66.7 Å². The maximum Gasteiger partial charge on any atom is 0.269 e. The van der Waals surface area contributed by atoms with Gasteiger partial charge < -0.3 is 10.2 Å². The van der Waals surface area contributed by atoms with Crippen LogP contribution in [0.25, 0.3) is 11.5 Å². The van der Waals surface area contributed by atoms with E-state index in [0.717, 1.165) is 18.2 Å². The van der Waals surface area contributed by atoms with Crippen LogP contribution < -0.4 is 0 Å². The minimum Gasteiger partial charge on any atom is -0.507 e. The van der Waals surface area contributed by atoms with Gasteiger partial charge >= 0.3 is 0 Å². The van der Waals surface area contributed by atoms with Gasteiger partial charge in [0.1, 0.15) is 11.5 Å². The van der Waals surface area contributed by atoms with Gasteiger partial charge in [0, 0.05) is 35.4 Å². The first kappa shape index (κ1) is 17.6. The SMILES string of the molecule is O=C(/C=C(/O)c1ccccc1)C(=O)/C=C(/O)c1ccc([N+](=O)[O-])cc1. The fourth-order valence-corrected chi connectivity index (χ4v) is 1.92. The first-order valence-corrected chi connectivity index (χ1v) is 7.08. The predicted molar refractivity (Wildman–Crippen MR) is 90.8 cm³/mol. The number of aliphatic hydroxyl groups is 2. The Morgan fingerprint density at radius 3 is 1.68 bits per heavy atom. The smallest absolute Gasteiger partial charge is 0.269 e. The molecule has 0 heterocycles. The molecule has 0 aliphatic rings. The number of nitrogens with zero attached hydrogens (tertiary/aromatic N) is 1. The number of non-ortho nitro benzene ring substituents is 1. The topological polar surface area (TPSA) is 118 Å². The molecular formula is C18H13NO6. The van der Waals surface area contributed by atoms with Crippen molar-refractivity contribution in [2.45, 2.75) is 0 Å². The molecule has 0 radical (unpaired) electrons. The average molecular weight is 339 g/mol. The van der Waals surface area contributed by atoms with Crippen molar-refractivity contribution in [3.05, 3.63) is 88.0 Å². The second kappa shape index (κ2) is 7.69. The lowest BCUT2D eigenvalue weighted by Crippen LogP contribution is -2.09. The van der Waals surface area contributed by atoms with Crippen LogP contribution in [-0.2, 0) is 9.59 Å². The van der Waals surface area contributed by atoms with Gasteiger partial charge in [-0.05, 0) is 12.1 Å². The van der Waals surface area contributed by atoms with Crippen molar-refractivity contribution in [3.8, 4) is 0 Å². The Labute approximate surface area is 142 Å². The third kappa shape index (κ3) is 4.61. The summed E-state index contributed by atoms with van der Waals surface area (Å²) in [7, 11) is 0. The number of aliphatic hydroxyl groups excluding tert-OH is 2. The summed E-state index contributed by atoms with van der Waals surface area (Å²) < 4.78 is 0. The Balaban J connectivity index is 2.15. The molecule has 7 nitrogen and oxygen atoms in total. The highest BCUT2D eigenvalue weighted by Crippen LogP contribution is 2.17. The van der Waals surface area contributed by atoms with Gasteiger partial charge in [-0.3, -0.25) is 19.7 Å². The lowest BCUT2D eigenvalue weighted by molar-refractivity contribution is -0.384. The number of rotatable bonds is 6. The third-order valence-electron chi connectivity index (χ3n) is 3.22. The fraction of sp³-hybridized carbons (Fsp3) is 0. The second-order valence-corrected chi connectivity index (χ2v) is 4.96. The molecule has 0 aliphatic heterocycles. The first-order valence-electron chi connectivity index (χ1n) is 7.08. The molecule has 7 heteroatoms. The highest BCUT2D eigenvalue weighted by molar-refractivity contribution is 6.47. The van der Waals surface area contributed by atoms with E-state index >= 15 is 0 Å². The van der Waals surface area contributed by atoms with E-state index in [2.05, 4.69) is 0 Å². The van der Waals surface area contributed by atoms with Gasteiger partial charge in [-0.2, -0.15) is 0 Å². The second-order valence-electron chi connectivity index (χ2n) is 4.96. The zero-order valence-electron chi connectivity index (χ0n) is 12.8. The van der Waals surface area contributed by atoms with Crippen molar-refractivity contribution in [2.75, 3.05) is 0 Å². The standard InChI is InChI=1S/C18H13NO6/c20-15(12-4-2-1-3-5-12)10-17(22)18(23)11-16(21)13-6-8-14(9-7-13)19(24)25/h1-11,20-21H/b15-10+,16-11+. The average Bonchev–Trinajstić information content (AvgIpc) is 2.62. The summed E-state index contributed by atoms with van der Waals surface area (Å²) in [5.74, 6) is -2.95. The molecule has 0 unspecified atom stereocenters. The molecule has 0 fully saturated rings. The molecule has 0 amide bonds. The Bertz CT molecular complexity index is 866. The number of hydrogen-bond acceptors (Lipinski definition) is 6. The number of allylic oxidation sites excluding steroid dienone is 2. The number of carbonyl (C=O) groups excluding carboxylic acids is 2. The van der Waals surface area contributed by atoms with Crippen LogP contribution in [0.2, 0.25) is 0 Å². The van der Waals surface area contributed by atoms with Gasteiger partial charge in [-0.1, -0.05) is 30.3 Å². The number of nitro benzene ring substituents is 1. The summed E-state index contributed by atoms with van der Waals surface area (Å²) in [5.41, 5.74) is 0.338. The Morgan fingerprint density at radius 1 is 0.800 bits per heavy atom. The summed E-state index contributed by atoms with van der Waals surface area (Å²) in [5, 5.41) is 30.2. The Morgan fingerprint density at radius 2 is 1.24 bits per heavy atom. The quantitative estimate of drug-likeness (QED) is 0.274. The lowest BCUT2D eigenvalue weighted by atomic mass is 10.1. The number of hydrogen-bond donors (Lipinski definition) is 2. The molecule has 0 bridgehead atoms. The van der Waals surface area contributed by atoms with Gasteiger partial charge in [0.15, 0.2) is 0 Å². The largest absolute Gasteiger partial charge is 0.507 e. The summed E-state index contributed by atoms with van der Waals surface area (Å²) in [6.45, 7) is 0.